The lowest BCUT2D eigenvalue weighted by atomic mass is 9.96. The highest BCUT2D eigenvalue weighted by Gasteiger charge is 2.28. The molecule has 2 nitrogen and oxygen atoms in total. The average Bonchev–Trinajstić information content (AvgIpc) is 2.62. The highest BCUT2D eigenvalue weighted by Crippen LogP contribution is 2.29. The van der Waals surface area contributed by atoms with E-state index in [-0.39, 0.29) is 11.8 Å². The molecule has 1 fully saturated rings. The van der Waals surface area contributed by atoms with Crippen LogP contribution in [0.15, 0.2) is 0 Å². The molecule has 1 aliphatic rings. The van der Waals surface area contributed by atoms with Crippen LogP contribution in [0.25, 0.3) is 0 Å². The summed E-state index contributed by atoms with van der Waals surface area (Å²) < 4.78 is 0. The number of hydrogen-bond donors (Lipinski definition) is 1. The molecule has 0 aromatic rings. The molecule has 0 spiro atoms. The van der Waals surface area contributed by atoms with Crippen molar-refractivity contribution in [3.05, 3.63) is 0 Å². The Morgan fingerprint density at radius 1 is 1.40 bits per heavy atom. The molecular formula is C13H25NO. The van der Waals surface area contributed by atoms with Crippen LogP contribution in [-0.4, -0.2) is 11.9 Å². The molecule has 1 aliphatic carbocycles. The number of hydrogen-bond acceptors (Lipinski definition) is 1. The van der Waals surface area contributed by atoms with Crippen molar-refractivity contribution in [2.45, 2.75) is 65.3 Å². The molecule has 0 aromatic carbocycles. The van der Waals surface area contributed by atoms with E-state index in [0.29, 0.717) is 6.04 Å². The van der Waals surface area contributed by atoms with Gasteiger partial charge in [0.2, 0.25) is 5.91 Å². The van der Waals surface area contributed by atoms with E-state index >= 15 is 0 Å². The molecule has 15 heavy (non-hydrogen) atoms. The smallest absolute Gasteiger partial charge is 0.222 e. The maximum atomic E-state index is 11.6. The van der Waals surface area contributed by atoms with Gasteiger partial charge in [0.05, 0.1) is 0 Å². The largest absolute Gasteiger partial charge is 0.353 e. The summed E-state index contributed by atoms with van der Waals surface area (Å²) in [6.45, 7) is 6.16. The Kier molecular flexibility index (Phi) is 5.13. The van der Waals surface area contributed by atoms with Crippen LogP contribution in [0.4, 0.5) is 0 Å². The summed E-state index contributed by atoms with van der Waals surface area (Å²) in [7, 11) is 0. The molecule has 1 amide bonds. The highest BCUT2D eigenvalue weighted by atomic mass is 16.1. The van der Waals surface area contributed by atoms with Crippen molar-refractivity contribution in [3.63, 3.8) is 0 Å². The minimum Gasteiger partial charge on any atom is -0.353 e. The van der Waals surface area contributed by atoms with E-state index < -0.39 is 0 Å². The molecular weight excluding hydrogens is 186 g/mol. The Labute approximate surface area is 93.8 Å². The molecule has 0 bridgehead atoms. The zero-order valence-corrected chi connectivity index (χ0v) is 10.4. The molecule has 2 atom stereocenters. The van der Waals surface area contributed by atoms with Crippen LogP contribution >= 0.6 is 0 Å². The second kappa shape index (κ2) is 6.14. The van der Waals surface area contributed by atoms with Gasteiger partial charge in [-0.3, -0.25) is 4.79 Å². The van der Waals surface area contributed by atoms with E-state index in [1.165, 1.54) is 38.5 Å². The van der Waals surface area contributed by atoms with Gasteiger partial charge in [-0.05, 0) is 25.2 Å². The van der Waals surface area contributed by atoms with Crippen molar-refractivity contribution in [1.29, 1.82) is 0 Å². The summed E-state index contributed by atoms with van der Waals surface area (Å²) in [4.78, 5) is 11.6. The van der Waals surface area contributed by atoms with Gasteiger partial charge in [-0.15, -0.1) is 0 Å². The average molecular weight is 211 g/mol. The molecule has 1 saturated carbocycles. The summed E-state index contributed by atoms with van der Waals surface area (Å²) in [5.74, 6) is 1.09. The molecule has 0 heterocycles. The van der Waals surface area contributed by atoms with Gasteiger partial charge in [0, 0.05) is 12.0 Å². The summed E-state index contributed by atoms with van der Waals surface area (Å²) in [6, 6.07) is 0.464. The van der Waals surface area contributed by atoms with Gasteiger partial charge in [0.15, 0.2) is 0 Å². The van der Waals surface area contributed by atoms with E-state index in [9.17, 15) is 4.79 Å². The Morgan fingerprint density at radius 2 is 2.13 bits per heavy atom. The summed E-state index contributed by atoms with van der Waals surface area (Å²) in [5.41, 5.74) is 0. The van der Waals surface area contributed by atoms with Crippen LogP contribution in [0.5, 0.6) is 0 Å². The Morgan fingerprint density at radius 3 is 2.73 bits per heavy atom. The molecule has 2 heteroatoms. The Hall–Kier alpha value is -0.530. The van der Waals surface area contributed by atoms with E-state index in [1.807, 2.05) is 13.8 Å². The molecule has 88 valence electrons. The van der Waals surface area contributed by atoms with Crippen molar-refractivity contribution in [2.24, 2.45) is 11.8 Å². The van der Waals surface area contributed by atoms with Crippen molar-refractivity contribution in [1.82, 2.24) is 5.32 Å². The quantitative estimate of drug-likeness (QED) is 0.743. The minimum absolute atomic E-state index is 0.123. The summed E-state index contributed by atoms with van der Waals surface area (Å²) in [5, 5.41) is 3.20. The van der Waals surface area contributed by atoms with E-state index in [0.717, 1.165) is 5.92 Å². The van der Waals surface area contributed by atoms with Crippen molar-refractivity contribution in [3.8, 4) is 0 Å². The fraction of sp³-hybridized carbons (Fsp3) is 0.923. The molecule has 0 aliphatic heterocycles. The number of nitrogens with one attached hydrogen (secondary N) is 1. The predicted molar refractivity (Wildman–Crippen MR) is 63.6 cm³/mol. The summed E-state index contributed by atoms with van der Waals surface area (Å²) in [6.07, 6.45) is 7.65. The second-order valence-corrected chi connectivity index (χ2v) is 5.10. The summed E-state index contributed by atoms with van der Waals surface area (Å²) >= 11 is 0. The molecule has 0 aromatic heterocycles. The van der Waals surface area contributed by atoms with Gasteiger partial charge in [0.1, 0.15) is 0 Å². The zero-order chi connectivity index (χ0) is 11.3. The predicted octanol–water partition coefficient (Wildman–Crippen LogP) is 3.12. The zero-order valence-electron chi connectivity index (χ0n) is 10.4. The normalized spacial score (nSPS) is 25.9. The Bertz CT molecular complexity index is 201. The first-order valence-corrected chi connectivity index (χ1v) is 6.45. The Balaban J connectivity index is 2.36. The fourth-order valence-corrected chi connectivity index (χ4v) is 2.39. The van der Waals surface area contributed by atoms with Crippen LogP contribution < -0.4 is 5.32 Å². The van der Waals surface area contributed by atoms with Crippen LogP contribution in [0.3, 0.4) is 0 Å². The number of amides is 1. The van der Waals surface area contributed by atoms with Crippen LogP contribution in [0, 0.1) is 11.8 Å². The minimum atomic E-state index is 0.123. The van der Waals surface area contributed by atoms with Crippen LogP contribution in [0.1, 0.15) is 59.3 Å². The number of unbranched alkanes of at least 4 members (excludes halogenated alkanes) is 1. The molecule has 0 saturated heterocycles. The maximum absolute atomic E-state index is 11.6. The van der Waals surface area contributed by atoms with Crippen molar-refractivity contribution < 1.29 is 4.79 Å². The van der Waals surface area contributed by atoms with Gasteiger partial charge >= 0.3 is 0 Å². The first kappa shape index (κ1) is 12.5. The monoisotopic (exact) mass is 211 g/mol. The highest BCUT2D eigenvalue weighted by molar-refractivity contribution is 5.78. The molecule has 1 N–H and O–H groups in total. The van der Waals surface area contributed by atoms with Gasteiger partial charge < -0.3 is 5.32 Å². The maximum Gasteiger partial charge on any atom is 0.222 e. The van der Waals surface area contributed by atoms with E-state index in [2.05, 4.69) is 12.2 Å². The van der Waals surface area contributed by atoms with Crippen LogP contribution in [-0.2, 0) is 4.79 Å². The lowest BCUT2D eigenvalue weighted by molar-refractivity contribution is -0.124. The molecule has 2 unspecified atom stereocenters. The third-order valence-corrected chi connectivity index (χ3v) is 3.44. The SMILES string of the molecule is CCCCC1CCCC1NC(=O)C(C)C. The van der Waals surface area contributed by atoms with Gasteiger partial charge in [-0.25, -0.2) is 0 Å². The third kappa shape index (κ3) is 3.84. The number of rotatable bonds is 5. The first-order valence-electron chi connectivity index (χ1n) is 6.45. The van der Waals surface area contributed by atoms with Gasteiger partial charge in [-0.2, -0.15) is 0 Å². The fourth-order valence-electron chi connectivity index (χ4n) is 2.39. The molecule has 1 rings (SSSR count). The van der Waals surface area contributed by atoms with Gasteiger partial charge in [0.25, 0.3) is 0 Å². The first-order chi connectivity index (χ1) is 7.15. The van der Waals surface area contributed by atoms with Crippen molar-refractivity contribution in [2.75, 3.05) is 0 Å². The topological polar surface area (TPSA) is 29.1 Å². The second-order valence-electron chi connectivity index (χ2n) is 5.10. The van der Waals surface area contributed by atoms with Crippen molar-refractivity contribution >= 4 is 5.91 Å². The lowest BCUT2D eigenvalue weighted by Crippen LogP contribution is -2.39. The van der Waals surface area contributed by atoms with Crippen LogP contribution in [0.2, 0.25) is 0 Å². The number of carbonyl (C=O) groups is 1. The molecule has 0 radical (unpaired) electrons. The standard InChI is InChI=1S/C13H25NO/c1-4-5-7-11-8-6-9-12(11)14-13(15)10(2)3/h10-12H,4-9H2,1-3H3,(H,14,15). The van der Waals surface area contributed by atoms with Gasteiger partial charge in [-0.1, -0.05) is 40.0 Å². The third-order valence-electron chi connectivity index (χ3n) is 3.44. The number of carbonyl (C=O) groups excluding carboxylic acids is 1. The lowest BCUT2D eigenvalue weighted by Gasteiger charge is -2.21. The van der Waals surface area contributed by atoms with E-state index in [4.69, 9.17) is 0 Å². The van der Waals surface area contributed by atoms with E-state index in [1.54, 1.807) is 0 Å².